The molecule has 2 aliphatic rings. The normalized spacial score (nSPS) is 11.6. The van der Waals surface area contributed by atoms with E-state index < -0.39 is 0 Å². The van der Waals surface area contributed by atoms with Crippen LogP contribution in [0.1, 0.15) is 121 Å². The minimum atomic E-state index is 0.844. The van der Waals surface area contributed by atoms with Crippen molar-refractivity contribution in [3.63, 3.8) is 0 Å². The van der Waals surface area contributed by atoms with Gasteiger partial charge in [-0.2, -0.15) is 0 Å². The van der Waals surface area contributed by atoms with Crippen molar-refractivity contribution in [1.82, 2.24) is 29.9 Å². The fourth-order valence-corrected chi connectivity index (χ4v) is 6.71. The van der Waals surface area contributed by atoms with Gasteiger partial charge in [-0.25, -0.2) is 9.97 Å². The van der Waals surface area contributed by atoms with Gasteiger partial charge in [0.15, 0.2) is 0 Å². The number of aryl methyl sites for hydroxylation is 1. The van der Waals surface area contributed by atoms with Gasteiger partial charge in [-0.1, -0.05) is 76.1 Å². The number of pyridine rings is 2. The maximum Gasteiger partial charge on any atom is 0.0815 e. The summed E-state index contributed by atoms with van der Waals surface area (Å²) >= 11 is 0. The van der Waals surface area contributed by atoms with Gasteiger partial charge in [-0.05, 0) is 104 Å². The maximum atomic E-state index is 5.27. The summed E-state index contributed by atoms with van der Waals surface area (Å²) in [6.45, 7) is 4.50. The average molecular weight is 681 g/mol. The van der Waals surface area contributed by atoms with Crippen molar-refractivity contribution in [2.75, 3.05) is 0 Å². The van der Waals surface area contributed by atoms with E-state index in [4.69, 9.17) is 9.97 Å². The maximum absolute atomic E-state index is 5.27. The van der Waals surface area contributed by atoms with Gasteiger partial charge in [0.05, 0.1) is 44.9 Å². The van der Waals surface area contributed by atoms with E-state index in [1.165, 1.54) is 44.1 Å². The summed E-state index contributed by atoms with van der Waals surface area (Å²) < 4.78 is 0. The Balaban J connectivity index is 1.52. The van der Waals surface area contributed by atoms with Crippen LogP contribution in [0.25, 0.3) is 46.4 Å². The molecule has 6 heteroatoms. The number of aromatic nitrogens is 6. The quantitative estimate of drug-likeness (QED) is 0.111. The predicted octanol–water partition coefficient (Wildman–Crippen LogP) is 10.5. The van der Waals surface area contributed by atoms with Crippen molar-refractivity contribution in [3.8, 4) is 23.7 Å². The van der Waals surface area contributed by atoms with Gasteiger partial charge in [-0.3, -0.25) is 9.97 Å². The Morgan fingerprint density at radius 1 is 0.442 bits per heavy atom. The molecule has 0 radical (unpaired) electrons. The Hall–Kier alpha value is -5.98. The van der Waals surface area contributed by atoms with Crippen LogP contribution in [0.15, 0.2) is 73.3 Å². The molecule has 5 aromatic rings. The van der Waals surface area contributed by atoms with E-state index in [2.05, 4.69) is 106 Å². The van der Waals surface area contributed by atoms with Crippen molar-refractivity contribution in [2.45, 2.75) is 78.1 Å². The van der Waals surface area contributed by atoms with E-state index in [0.717, 1.165) is 98.3 Å². The largest absolute Gasteiger partial charge is 0.354 e. The van der Waals surface area contributed by atoms with Crippen molar-refractivity contribution in [3.05, 3.63) is 129 Å². The molecule has 0 fully saturated rings. The number of hydrogen-bond acceptors (Lipinski definition) is 4. The molecule has 8 bridgehead atoms. The monoisotopic (exact) mass is 680 g/mol. The fraction of sp³-hybridized carbons (Fsp3) is 0.261. The van der Waals surface area contributed by atoms with Crippen LogP contribution in [0.5, 0.6) is 0 Å². The average Bonchev–Trinajstić information content (AvgIpc) is 4.02. The highest BCUT2D eigenvalue weighted by atomic mass is 14.8. The Labute approximate surface area is 306 Å². The molecule has 2 aliphatic heterocycles. The minimum absolute atomic E-state index is 0.844. The van der Waals surface area contributed by atoms with Crippen LogP contribution in [0.2, 0.25) is 0 Å². The highest BCUT2D eigenvalue weighted by molar-refractivity contribution is 5.85. The second-order valence-corrected chi connectivity index (χ2v) is 13.3. The summed E-state index contributed by atoms with van der Waals surface area (Å²) in [6.07, 6.45) is 26.7. The first-order valence-corrected chi connectivity index (χ1v) is 18.7. The number of fused-ring (bicyclic) bond motifs is 8. The molecule has 0 aliphatic carbocycles. The molecule has 0 unspecified atom stereocenters. The first-order valence-electron chi connectivity index (χ1n) is 18.7. The van der Waals surface area contributed by atoms with Gasteiger partial charge in [-0.15, -0.1) is 0 Å². The van der Waals surface area contributed by atoms with Gasteiger partial charge in [0, 0.05) is 52.5 Å². The highest BCUT2D eigenvalue weighted by Crippen LogP contribution is 2.28. The van der Waals surface area contributed by atoms with Crippen LogP contribution >= 0.6 is 0 Å². The lowest BCUT2D eigenvalue weighted by molar-refractivity contribution is 0.665. The number of H-pyrrole nitrogens is 2. The van der Waals surface area contributed by atoms with Crippen LogP contribution in [-0.2, 0) is 12.8 Å². The van der Waals surface area contributed by atoms with E-state index >= 15 is 0 Å². The van der Waals surface area contributed by atoms with Crippen LogP contribution in [0.3, 0.4) is 0 Å². The van der Waals surface area contributed by atoms with E-state index in [-0.39, 0.29) is 0 Å². The zero-order valence-electron chi connectivity index (χ0n) is 30.1. The van der Waals surface area contributed by atoms with E-state index in [0.29, 0.717) is 0 Å². The lowest BCUT2D eigenvalue weighted by Crippen LogP contribution is -1.96. The second-order valence-electron chi connectivity index (χ2n) is 13.3. The molecule has 0 aromatic carbocycles. The molecule has 0 atom stereocenters. The molecule has 7 rings (SSSR count). The highest BCUT2D eigenvalue weighted by Gasteiger charge is 2.16. The van der Waals surface area contributed by atoms with Crippen molar-refractivity contribution in [2.24, 2.45) is 0 Å². The topological polar surface area (TPSA) is 83.1 Å². The summed E-state index contributed by atoms with van der Waals surface area (Å²) in [4.78, 5) is 26.5. The predicted molar refractivity (Wildman–Crippen MR) is 215 cm³/mol. The van der Waals surface area contributed by atoms with Crippen LogP contribution in [0, 0.1) is 23.7 Å². The number of nitrogens with one attached hydrogen (secondary N) is 2. The minimum Gasteiger partial charge on any atom is -0.354 e. The lowest BCUT2D eigenvalue weighted by atomic mass is 10.0. The molecule has 0 saturated heterocycles. The molecule has 2 N–H and O–H groups in total. The molecule has 0 saturated carbocycles. The number of rotatable bonds is 10. The van der Waals surface area contributed by atoms with Gasteiger partial charge in [0.2, 0.25) is 0 Å². The standard InChI is InChI=1S/C46H44N6/c1-3-5-7-9-11-35-39-17-21-43(49-39)37(15-13-33-25-29-47-30-26-33)45-23-19-41(51-45)36(12-10-8-6-4-2)42-20-24-46(52-42)38(44-22-18-40(35)50-44)16-14-34-27-31-48-32-28-34/h17-32,49-50H,3-12H2,1-2H3. The fourth-order valence-electron chi connectivity index (χ4n) is 6.71. The number of hydrogen-bond donors (Lipinski definition) is 2. The van der Waals surface area contributed by atoms with Gasteiger partial charge < -0.3 is 9.97 Å². The number of aromatic amines is 2. The number of nitrogens with zero attached hydrogens (tertiary/aromatic N) is 4. The molecule has 7 heterocycles. The lowest BCUT2D eigenvalue weighted by Gasteiger charge is -2.04. The first-order chi connectivity index (χ1) is 25.7. The Kier molecular flexibility index (Phi) is 11.1. The van der Waals surface area contributed by atoms with Crippen LogP contribution < -0.4 is 0 Å². The molecule has 5 aromatic heterocycles. The van der Waals surface area contributed by atoms with Crippen molar-refractivity contribution in [1.29, 1.82) is 0 Å². The summed E-state index contributed by atoms with van der Waals surface area (Å²) in [5.41, 5.74) is 13.5. The Bertz CT molecular complexity index is 2230. The summed E-state index contributed by atoms with van der Waals surface area (Å²) in [6, 6.07) is 16.4. The molecule has 0 amide bonds. The van der Waals surface area contributed by atoms with Crippen LogP contribution in [0.4, 0.5) is 0 Å². The molecule has 258 valence electrons. The Morgan fingerprint density at radius 3 is 1.33 bits per heavy atom. The number of unbranched alkanes of at least 4 members (excludes halogenated alkanes) is 6. The first kappa shape index (κ1) is 34.5. The van der Waals surface area contributed by atoms with E-state index in [1.807, 2.05) is 24.3 Å². The zero-order chi connectivity index (χ0) is 35.5. The zero-order valence-corrected chi connectivity index (χ0v) is 30.1. The van der Waals surface area contributed by atoms with E-state index in [1.54, 1.807) is 24.8 Å². The third-order valence-electron chi connectivity index (χ3n) is 9.56. The van der Waals surface area contributed by atoms with Gasteiger partial charge >= 0.3 is 0 Å². The third-order valence-corrected chi connectivity index (χ3v) is 9.56. The molecular weight excluding hydrogens is 637 g/mol. The second kappa shape index (κ2) is 16.8. The van der Waals surface area contributed by atoms with E-state index in [9.17, 15) is 0 Å². The Morgan fingerprint density at radius 2 is 0.865 bits per heavy atom. The smallest absolute Gasteiger partial charge is 0.0815 e. The van der Waals surface area contributed by atoms with Crippen molar-refractivity contribution >= 4 is 46.4 Å². The van der Waals surface area contributed by atoms with Gasteiger partial charge in [0.25, 0.3) is 0 Å². The molecular formula is C46H44N6. The SMILES string of the molecule is CCCCCCc1c2nc(c(C#Cc3ccncc3)c3ccc([nH]3)c(CCCCCC)c3ccc([nH]3)c(C#Cc3ccncc3)c3nc1C=C3)C=C2. The summed E-state index contributed by atoms with van der Waals surface area (Å²) in [5.74, 6) is 13.7. The summed E-state index contributed by atoms with van der Waals surface area (Å²) in [7, 11) is 0. The summed E-state index contributed by atoms with van der Waals surface area (Å²) in [5, 5.41) is 0. The molecule has 52 heavy (non-hydrogen) atoms. The van der Waals surface area contributed by atoms with Crippen LogP contribution in [-0.4, -0.2) is 29.9 Å². The molecule has 6 nitrogen and oxygen atoms in total. The van der Waals surface area contributed by atoms with Gasteiger partial charge in [0.1, 0.15) is 0 Å². The third kappa shape index (κ3) is 8.14. The molecule has 0 spiro atoms. The van der Waals surface area contributed by atoms with Crippen molar-refractivity contribution < 1.29 is 0 Å².